The maximum atomic E-state index is 11.3. The predicted octanol–water partition coefficient (Wildman–Crippen LogP) is 3.43. The Morgan fingerprint density at radius 1 is 0.964 bits per heavy atom. The van der Waals surface area contributed by atoms with E-state index < -0.39 is 9.84 Å². The Morgan fingerprint density at radius 2 is 1.50 bits per heavy atom. The molecule has 0 aliphatic rings. The van der Waals surface area contributed by atoms with Gasteiger partial charge in [0, 0.05) is 31.8 Å². The normalized spacial score (nSPS) is 11.8. The van der Waals surface area contributed by atoms with Gasteiger partial charge in [-0.05, 0) is 24.5 Å². The fourth-order valence-electron chi connectivity index (χ4n) is 2.90. The lowest BCUT2D eigenvalue weighted by Crippen LogP contribution is -2.39. The van der Waals surface area contributed by atoms with E-state index in [0.29, 0.717) is 19.0 Å². The van der Waals surface area contributed by atoms with Crippen LogP contribution in [0.2, 0.25) is 0 Å². The van der Waals surface area contributed by atoms with E-state index in [1.54, 1.807) is 0 Å². The Balaban J connectivity index is 0.00000392. The van der Waals surface area contributed by atoms with Crippen molar-refractivity contribution in [1.82, 2.24) is 10.6 Å². The summed E-state index contributed by atoms with van der Waals surface area (Å²) in [5, 5.41) is 6.26. The van der Waals surface area contributed by atoms with Crippen LogP contribution < -0.4 is 10.6 Å². The average molecular weight is 515 g/mol. The quantitative estimate of drug-likeness (QED) is 0.305. The summed E-state index contributed by atoms with van der Waals surface area (Å²) in [6.45, 7) is 3.71. The van der Waals surface area contributed by atoms with Crippen molar-refractivity contribution in [3.8, 4) is 0 Å². The second-order valence-electron chi connectivity index (χ2n) is 6.48. The molecule has 0 unspecified atom stereocenters. The van der Waals surface area contributed by atoms with E-state index in [2.05, 4.69) is 64.2 Å². The minimum Gasteiger partial charge on any atom is -0.357 e. The molecule has 5 nitrogen and oxygen atoms in total. The van der Waals surface area contributed by atoms with Crippen LogP contribution in [0.1, 0.15) is 30.4 Å². The standard InChI is InChI=1S/C21H29N3O2S.HI/c1-3-22-21(24-16-17-27(2,25)26)23-15-14-20(18-10-6-4-7-11-18)19-12-8-5-9-13-19;/h4-13,20H,3,14-17H2,1-2H3,(H2,22,23,24);1H. The van der Waals surface area contributed by atoms with Gasteiger partial charge in [-0.2, -0.15) is 0 Å². The fraction of sp³-hybridized carbons (Fsp3) is 0.381. The SMILES string of the molecule is CCNC(=NCCC(c1ccccc1)c1ccccc1)NCCS(C)(=O)=O.I. The summed E-state index contributed by atoms with van der Waals surface area (Å²) in [5.74, 6) is 1.02. The first-order chi connectivity index (χ1) is 13.0. The Hall–Kier alpha value is -1.61. The lowest BCUT2D eigenvalue weighted by molar-refractivity contribution is 0.600. The van der Waals surface area contributed by atoms with E-state index in [-0.39, 0.29) is 35.6 Å². The van der Waals surface area contributed by atoms with Gasteiger partial charge >= 0.3 is 0 Å². The summed E-state index contributed by atoms with van der Waals surface area (Å²) in [6, 6.07) is 20.9. The van der Waals surface area contributed by atoms with E-state index in [4.69, 9.17) is 0 Å². The monoisotopic (exact) mass is 515 g/mol. The molecule has 2 rings (SSSR count). The second kappa shape index (κ2) is 12.8. The van der Waals surface area contributed by atoms with Gasteiger partial charge in [0.05, 0.1) is 5.75 Å². The third kappa shape index (κ3) is 9.05. The number of sulfone groups is 1. The fourth-order valence-corrected chi connectivity index (χ4v) is 3.37. The zero-order valence-corrected chi connectivity index (χ0v) is 19.6. The molecule has 0 bridgehead atoms. The van der Waals surface area contributed by atoms with E-state index in [1.165, 1.54) is 17.4 Å². The van der Waals surface area contributed by atoms with Crippen molar-refractivity contribution in [1.29, 1.82) is 0 Å². The molecule has 0 aromatic heterocycles. The van der Waals surface area contributed by atoms with E-state index in [0.717, 1.165) is 13.0 Å². The lowest BCUT2D eigenvalue weighted by atomic mass is 9.89. The second-order valence-corrected chi connectivity index (χ2v) is 8.74. The van der Waals surface area contributed by atoms with Gasteiger partial charge in [0.2, 0.25) is 0 Å². The maximum Gasteiger partial charge on any atom is 0.191 e. The Morgan fingerprint density at radius 3 is 1.96 bits per heavy atom. The van der Waals surface area contributed by atoms with E-state index in [9.17, 15) is 8.42 Å². The van der Waals surface area contributed by atoms with Crippen LogP contribution >= 0.6 is 24.0 Å². The third-order valence-corrected chi connectivity index (χ3v) is 5.15. The minimum absolute atomic E-state index is 0. The van der Waals surface area contributed by atoms with Crippen molar-refractivity contribution in [2.45, 2.75) is 19.3 Å². The van der Waals surface area contributed by atoms with Gasteiger partial charge < -0.3 is 10.6 Å². The van der Waals surface area contributed by atoms with Crippen molar-refractivity contribution in [2.24, 2.45) is 4.99 Å². The van der Waals surface area contributed by atoms with Gasteiger partial charge in [-0.15, -0.1) is 24.0 Å². The third-order valence-electron chi connectivity index (χ3n) is 4.20. The molecule has 0 heterocycles. The largest absolute Gasteiger partial charge is 0.357 e. The highest BCUT2D eigenvalue weighted by atomic mass is 127. The summed E-state index contributed by atoms with van der Waals surface area (Å²) in [7, 11) is -2.99. The number of benzene rings is 2. The molecule has 2 N–H and O–H groups in total. The molecular weight excluding hydrogens is 485 g/mol. The molecule has 28 heavy (non-hydrogen) atoms. The molecular formula is C21H30IN3O2S. The topological polar surface area (TPSA) is 70.6 Å². The van der Waals surface area contributed by atoms with Gasteiger partial charge in [0.25, 0.3) is 0 Å². The molecule has 0 amide bonds. The first-order valence-electron chi connectivity index (χ1n) is 9.29. The summed E-state index contributed by atoms with van der Waals surface area (Å²) in [4.78, 5) is 4.62. The molecule has 0 aliphatic carbocycles. The summed E-state index contributed by atoms with van der Waals surface area (Å²) in [5.41, 5.74) is 2.54. The minimum atomic E-state index is -2.99. The van der Waals surface area contributed by atoms with Crippen molar-refractivity contribution < 1.29 is 8.42 Å². The number of hydrogen-bond donors (Lipinski definition) is 2. The van der Waals surface area contributed by atoms with Crippen LogP contribution in [0.4, 0.5) is 0 Å². The van der Waals surface area contributed by atoms with Gasteiger partial charge in [0.1, 0.15) is 9.84 Å². The van der Waals surface area contributed by atoms with Crippen LogP contribution in [0.15, 0.2) is 65.7 Å². The zero-order chi connectivity index (χ0) is 19.5. The van der Waals surface area contributed by atoms with Crippen LogP contribution in [0, 0.1) is 0 Å². The molecule has 0 atom stereocenters. The van der Waals surface area contributed by atoms with Gasteiger partial charge in [-0.3, -0.25) is 4.99 Å². The van der Waals surface area contributed by atoms with Crippen molar-refractivity contribution in [3.05, 3.63) is 71.8 Å². The summed E-state index contributed by atoms with van der Waals surface area (Å²) >= 11 is 0. The molecule has 0 spiro atoms. The van der Waals surface area contributed by atoms with Crippen molar-refractivity contribution in [2.75, 3.05) is 31.6 Å². The first kappa shape index (κ1) is 24.4. The highest BCUT2D eigenvalue weighted by Crippen LogP contribution is 2.27. The molecule has 0 fully saturated rings. The molecule has 0 saturated carbocycles. The number of hydrogen-bond acceptors (Lipinski definition) is 3. The Bertz CT molecular complexity index is 773. The van der Waals surface area contributed by atoms with Gasteiger partial charge in [-0.1, -0.05) is 60.7 Å². The Labute approximate surface area is 186 Å². The van der Waals surface area contributed by atoms with Crippen LogP contribution in [0.5, 0.6) is 0 Å². The number of aliphatic imine (C=N–C) groups is 1. The number of nitrogens with one attached hydrogen (secondary N) is 2. The molecule has 154 valence electrons. The number of rotatable bonds is 9. The average Bonchev–Trinajstić information content (AvgIpc) is 2.65. The number of nitrogens with zero attached hydrogens (tertiary/aromatic N) is 1. The van der Waals surface area contributed by atoms with Gasteiger partial charge in [-0.25, -0.2) is 8.42 Å². The maximum absolute atomic E-state index is 11.3. The number of guanidine groups is 1. The lowest BCUT2D eigenvalue weighted by Gasteiger charge is -2.18. The highest BCUT2D eigenvalue weighted by molar-refractivity contribution is 14.0. The molecule has 0 saturated heterocycles. The molecule has 7 heteroatoms. The van der Waals surface area contributed by atoms with Crippen molar-refractivity contribution >= 4 is 39.8 Å². The Kier molecular flexibility index (Phi) is 11.1. The molecule has 2 aromatic rings. The van der Waals surface area contributed by atoms with Crippen LogP contribution in [0.3, 0.4) is 0 Å². The van der Waals surface area contributed by atoms with Crippen LogP contribution in [-0.4, -0.2) is 46.0 Å². The summed E-state index contributed by atoms with van der Waals surface area (Å²) in [6.07, 6.45) is 2.11. The van der Waals surface area contributed by atoms with E-state index >= 15 is 0 Å². The number of halogens is 1. The zero-order valence-electron chi connectivity index (χ0n) is 16.5. The van der Waals surface area contributed by atoms with Crippen LogP contribution in [-0.2, 0) is 9.84 Å². The predicted molar refractivity (Wildman–Crippen MR) is 128 cm³/mol. The molecule has 2 aromatic carbocycles. The first-order valence-corrected chi connectivity index (χ1v) is 11.4. The van der Waals surface area contributed by atoms with Crippen molar-refractivity contribution in [3.63, 3.8) is 0 Å². The molecule has 0 radical (unpaired) electrons. The smallest absolute Gasteiger partial charge is 0.191 e. The molecule has 0 aliphatic heterocycles. The summed E-state index contributed by atoms with van der Waals surface area (Å²) < 4.78 is 22.6. The highest BCUT2D eigenvalue weighted by Gasteiger charge is 2.13. The van der Waals surface area contributed by atoms with Crippen LogP contribution in [0.25, 0.3) is 0 Å². The van der Waals surface area contributed by atoms with Gasteiger partial charge in [0.15, 0.2) is 5.96 Å². The van der Waals surface area contributed by atoms with E-state index in [1.807, 2.05) is 19.1 Å².